The van der Waals surface area contributed by atoms with Gasteiger partial charge in [-0.15, -0.1) is 0 Å². The molecule has 152 valence electrons. The number of aliphatic hydroxyl groups is 1. The number of benzene rings is 1. The first kappa shape index (κ1) is 21.3. The number of ether oxygens (including phenoxy) is 3. The van der Waals surface area contributed by atoms with Crippen LogP contribution in [-0.4, -0.2) is 63.7 Å². The van der Waals surface area contributed by atoms with Crippen molar-refractivity contribution in [3.8, 4) is 11.5 Å². The van der Waals surface area contributed by atoms with Crippen molar-refractivity contribution in [2.45, 2.75) is 32.8 Å². The van der Waals surface area contributed by atoms with Crippen molar-refractivity contribution in [2.24, 2.45) is 10.4 Å². The number of rotatable bonds is 10. The molecule has 0 aromatic heterocycles. The lowest BCUT2D eigenvalue weighted by molar-refractivity contribution is 0.131. The first-order valence-electron chi connectivity index (χ1n) is 9.62. The van der Waals surface area contributed by atoms with Crippen LogP contribution in [0.15, 0.2) is 29.3 Å². The van der Waals surface area contributed by atoms with E-state index in [1.807, 2.05) is 38.1 Å². The molecule has 27 heavy (non-hydrogen) atoms. The molecule has 1 aliphatic heterocycles. The number of methoxy groups -OCH3 is 1. The van der Waals surface area contributed by atoms with Gasteiger partial charge < -0.3 is 30.0 Å². The number of aliphatic imine (C=N–C) groups is 1. The number of aliphatic hydroxyl groups excluding tert-OH is 1. The molecule has 0 bridgehead atoms. The lowest BCUT2D eigenvalue weighted by Crippen LogP contribution is -2.42. The highest BCUT2D eigenvalue weighted by molar-refractivity contribution is 5.79. The maximum absolute atomic E-state index is 9.35. The highest BCUT2D eigenvalue weighted by atomic mass is 16.5. The van der Waals surface area contributed by atoms with E-state index in [0.717, 1.165) is 37.0 Å². The Balaban J connectivity index is 1.86. The van der Waals surface area contributed by atoms with Crippen molar-refractivity contribution in [3.63, 3.8) is 0 Å². The van der Waals surface area contributed by atoms with Gasteiger partial charge in [-0.05, 0) is 51.0 Å². The molecule has 7 nitrogen and oxygen atoms in total. The van der Waals surface area contributed by atoms with Crippen molar-refractivity contribution >= 4 is 5.96 Å². The third-order valence-corrected chi connectivity index (χ3v) is 4.70. The van der Waals surface area contributed by atoms with Crippen LogP contribution in [0.1, 0.15) is 26.7 Å². The summed E-state index contributed by atoms with van der Waals surface area (Å²) in [6, 6.07) is 7.55. The molecule has 2 unspecified atom stereocenters. The van der Waals surface area contributed by atoms with Crippen molar-refractivity contribution < 1.29 is 19.3 Å². The molecule has 7 heteroatoms. The van der Waals surface area contributed by atoms with E-state index in [0.29, 0.717) is 26.1 Å². The summed E-state index contributed by atoms with van der Waals surface area (Å²) in [4.78, 5) is 4.72. The van der Waals surface area contributed by atoms with Crippen LogP contribution in [0.25, 0.3) is 0 Å². The summed E-state index contributed by atoms with van der Waals surface area (Å²) in [5.74, 6) is 2.37. The molecule has 0 spiro atoms. The Hall–Kier alpha value is -1.99. The molecule has 0 saturated carbocycles. The average Bonchev–Trinajstić information content (AvgIpc) is 3.14. The second-order valence-corrected chi connectivity index (χ2v) is 6.96. The predicted molar refractivity (Wildman–Crippen MR) is 107 cm³/mol. The van der Waals surface area contributed by atoms with Gasteiger partial charge in [-0.2, -0.15) is 0 Å². The monoisotopic (exact) mass is 379 g/mol. The maximum atomic E-state index is 9.35. The fourth-order valence-corrected chi connectivity index (χ4v) is 3.04. The Labute approximate surface area is 162 Å². The van der Waals surface area contributed by atoms with Gasteiger partial charge in [-0.3, -0.25) is 4.99 Å². The lowest BCUT2D eigenvalue weighted by Gasteiger charge is -2.25. The van der Waals surface area contributed by atoms with E-state index in [1.165, 1.54) is 0 Å². The van der Waals surface area contributed by atoms with Gasteiger partial charge in [0.15, 0.2) is 5.96 Å². The van der Waals surface area contributed by atoms with E-state index in [2.05, 4.69) is 10.6 Å². The lowest BCUT2D eigenvalue weighted by atomic mass is 9.84. The summed E-state index contributed by atoms with van der Waals surface area (Å²) >= 11 is 0. The SMILES string of the molecule is CCNC(=NCC1(CCO)CCOC1)NCC(C)Oc1ccc(OC)cc1. The summed E-state index contributed by atoms with van der Waals surface area (Å²) in [6.07, 6.45) is 1.63. The third kappa shape index (κ3) is 6.92. The minimum atomic E-state index is -0.0533. The van der Waals surface area contributed by atoms with Crippen LogP contribution in [0, 0.1) is 5.41 Å². The topological polar surface area (TPSA) is 84.3 Å². The Morgan fingerprint density at radius 1 is 1.30 bits per heavy atom. The third-order valence-electron chi connectivity index (χ3n) is 4.70. The van der Waals surface area contributed by atoms with E-state index >= 15 is 0 Å². The molecule has 1 saturated heterocycles. The summed E-state index contributed by atoms with van der Waals surface area (Å²) in [5, 5.41) is 15.9. The van der Waals surface area contributed by atoms with Crippen LogP contribution < -0.4 is 20.1 Å². The van der Waals surface area contributed by atoms with Gasteiger partial charge in [0.1, 0.15) is 17.6 Å². The van der Waals surface area contributed by atoms with Crippen LogP contribution in [0.5, 0.6) is 11.5 Å². The largest absolute Gasteiger partial charge is 0.497 e. The van der Waals surface area contributed by atoms with E-state index < -0.39 is 0 Å². The normalized spacial score (nSPS) is 21.0. The Kier molecular flexibility index (Phi) is 8.67. The van der Waals surface area contributed by atoms with Crippen LogP contribution in [0.3, 0.4) is 0 Å². The molecule has 3 N–H and O–H groups in total. The van der Waals surface area contributed by atoms with Crippen molar-refractivity contribution in [2.75, 3.05) is 46.6 Å². The molecular formula is C20H33N3O4. The fourth-order valence-electron chi connectivity index (χ4n) is 3.04. The smallest absolute Gasteiger partial charge is 0.191 e. The van der Waals surface area contributed by atoms with E-state index in [4.69, 9.17) is 19.2 Å². The zero-order valence-electron chi connectivity index (χ0n) is 16.7. The first-order valence-corrected chi connectivity index (χ1v) is 9.62. The highest BCUT2D eigenvalue weighted by Gasteiger charge is 2.34. The summed E-state index contributed by atoms with van der Waals surface area (Å²) in [7, 11) is 1.65. The van der Waals surface area contributed by atoms with Crippen molar-refractivity contribution in [3.05, 3.63) is 24.3 Å². The standard InChI is InChI=1S/C20H33N3O4/c1-4-21-19(23-14-20(9-11-24)10-12-26-15-20)22-13-16(2)27-18-7-5-17(25-3)6-8-18/h5-8,16,24H,4,9-15H2,1-3H3,(H2,21,22,23). The summed E-state index contributed by atoms with van der Waals surface area (Å²) in [6.45, 7) is 7.66. The highest BCUT2D eigenvalue weighted by Crippen LogP contribution is 2.32. The molecule has 1 heterocycles. The molecule has 0 aliphatic carbocycles. The van der Waals surface area contributed by atoms with E-state index in [1.54, 1.807) is 7.11 Å². The molecule has 0 amide bonds. The van der Waals surface area contributed by atoms with Gasteiger partial charge in [0, 0.05) is 25.2 Å². The van der Waals surface area contributed by atoms with Crippen LogP contribution in [0.2, 0.25) is 0 Å². The van der Waals surface area contributed by atoms with Gasteiger partial charge in [-0.1, -0.05) is 0 Å². The summed E-state index contributed by atoms with van der Waals surface area (Å²) < 4.78 is 16.6. The molecule has 1 aliphatic rings. The quantitative estimate of drug-likeness (QED) is 0.425. The number of nitrogens with zero attached hydrogens (tertiary/aromatic N) is 1. The zero-order valence-corrected chi connectivity index (χ0v) is 16.7. The molecule has 2 atom stereocenters. The number of hydrogen-bond donors (Lipinski definition) is 3. The number of nitrogens with one attached hydrogen (secondary N) is 2. The second kappa shape index (κ2) is 11.0. The Morgan fingerprint density at radius 3 is 2.63 bits per heavy atom. The number of hydrogen-bond acceptors (Lipinski definition) is 5. The van der Waals surface area contributed by atoms with Crippen LogP contribution in [-0.2, 0) is 4.74 Å². The molecule has 1 fully saturated rings. The van der Waals surface area contributed by atoms with E-state index in [9.17, 15) is 5.11 Å². The van der Waals surface area contributed by atoms with Crippen LogP contribution in [0.4, 0.5) is 0 Å². The summed E-state index contributed by atoms with van der Waals surface area (Å²) in [5.41, 5.74) is -0.0533. The van der Waals surface area contributed by atoms with Crippen molar-refractivity contribution in [1.29, 1.82) is 0 Å². The molecule has 1 aromatic rings. The fraction of sp³-hybridized carbons (Fsp3) is 0.650. The van der Waals surface area contributed by atoms with Gasteiger partial charge in [0.25, 0.3) is 0 Å². The second-order valence-electron chi connectivity index (χ2n) is 6.96. The van der Waals surface area contributed by atoms with Gasteiger partial charge in [-0.25, -0.2) is 0 Å². The predicted octanol–water partition coefficient (Wildman–Crippen LogP) is 1.81. The Bertz CT molecular complexity index is 571. The van der Waals surface area contributed by atoms with Crippen LogP contribution >= 0.6 is 0 Å². The molecular weight excluding hydrogens is 346 g/mol. The first-order chi connectivity index (χ1) is 13.1. The van der Waals surface area contributed by atoms with Gasteiger partial charge in [0.05, 0.1) is 26.8 Å². The average molecular weight is 380 g/mol. The molecule has 1 aromatic carbocycles. The minimum Gasteiger partial charge on any atom is -0.497 e. The zero-order chi connectivity index (χ0) is 19.5. The minimum absolute atomic E-state index is 0.0246. The number of guanidine groups is 1. The van der Waals surface area contributed by atoms with Gasteiger partial charge in [0.2, 0.25) is 0 Å². The molecule has 2 rings (SSSR count). The van der Waals surface area contributed by atoms with Crippen molar-refractivity contribution in [1.82, 2.24) is 10.6 Å². The van der Waals surface area contributed by atoms with E-state index in [-0.39, 0.29) is 18.1 Å². The van der Waals surface area contributed by atoms with Gasteiger partial charge >= 0.3 is 0 Å². The molecule has 0 radical (unpaired) electrons. The Morgan fingerprint density at radius 2 is 2.04 bits per heavy atom. The maximum Gasteiger partial charge on any atom is 0.191 e.